The normalized spacial score (nSPS) is 18.9. The van der Waals surface area contributed by atoms with Crippen LogP contribution in [-0.4, -0.2) is 45.1 Å². The Morgan fingerprint density at radius 3 is 2.90 bits per heavy atom. The fourth-order valence-corrected chi connectivity index (χ4v) is 2.92. The first-order valence-corrected chi connectivity index (χ1v) is 7.43. The Hall–Kier alpha value is -2.01. The number of nitrogens with zero attached hydrogens (tertiary/aromatic N) is 3. The number of aliphatic hydroxyl groups excluding tert-OH is 1. The molecule has 1 aliphatic rings. The van der Waals surface area contributed by atoms with Crippen LogP contribution in [0.5, 0.6) is 0 Å². The van der Waals surface area contributed by atoms with Crippen LogP contribution in [-0.2, 0) is 0 Å². The average Bonchev–Trinajstić information content (AvgIpc) is 2.54. The lowest BCUT2D eigenvalue weighted by molar-refractivity contribution is 0.0568. The molecule has 3 rings (SSSR count). The molecule has 1 saturated heterocycles. The number of piperidine rings is 1. The van der Waals surface area contributed by atoms with E-state index in [0.717, 1.165) is 36.8 Å². The molecule has 0 bridgehead atoms. The van der Waals surface area contributed by atoms with E-state index in [1.54, 1.807) is 6.20 Å². The van der Waals surface area contributed by atoms with Crippen LogP contribution in [0.3, 0.4) is 0 Å². The van der Waals surface area contributed by atoms with E-state index >= 15 is 0 Å². The number of carbonyl (C=O) groups excluding carboxylic acids is 1. The molecule has 21 heavy (non-hydrogen) atoms. The molecule has 2 heterocycles. The summed E-state index contributed by atoms with van der Waals surface area (Å²) in [6.45, 7) is 0.843. The highest BCUT2D eigenvalue weighted by atomic mass is 16.3. The molecular formula is C16H19N3O2. The quantitative estimate of drug-likeness (QED) is 0.936. The third-order valence-corrected chi connectivity index (χ3v) is 4.02. The first-order chi connectivity index (χ1) is 10.3. The lowest BCUT2D eigenvalue weighted by Crippen LogP contribution is -2.44. The SMILES string of the molecule is O=C(c1cnc2ccccc2n1)N1CCCC[C@H]1CCO. The topological polar surface area (TPSA) is 66.3 Å². The standard InChI is InChI=1S/C16H19N3O2/c20-10-8-12-5-3-4-9-19(12)16(21)15-11-17-13-6-1-2-7-14(13)18-15/h1-2,6-7,11-12,20H,3-5,8-10H2/t12-/m0/s1. The van der Waals surface area contributed by atoms with Crippen molar-refractivity contribution in [1.29, 1.82) is 0 Å². The summed E-state index contributed by atoms with van der Waals surface area (Å²) in [7, 11) is 0. The highest BCUT2D eigenvalue weighted by molar-refractivity contribution is 5.94. The van der Waals surface area contributed by atoms with Crippen molar-refractivity contribution < 1.29 is 9.90 Å². The Bertz CT molecular complexity index is 642. The molecule has 1 aromatic carbocycles. The molecule has 0 saturated carbocycles. The molecule has 2 aromatic rings. The van der Waals surface area contributed by atoms with E-state index in [0.29, 0.717) is 12.1 Å². The van der Waals surface area contributed by atoms with Gasteiger partial charge >= 0.3 is 0 Å². The minimum absolute atomic E-state index is 0.0774. The van der Waals surface area contributed by atoms with Gasteiger partial charge in [-0.2, -0.15) is 0 Å². The number of hydrogen-bond donors (Lipinski definition) is 1. The van der Waals surface area contributed by atoms with Crippen LogP contribution in [0.15, 0.2) is 30.5 Å². The minimum Gasteiger partial charge on any atom is -0.396 e. The summed E-state index contributed by atoms with van der Waals surface area (Å²) in [6, 6.07) is 7.65. The highest BCUT2D eigenvalue weighted by Crippen LogP contribution is 2.21. The van der Waals surface area contributed by atoms with Crippen molar-refractivity contribution in [1.82, 2.24) is 14.9 Å². The number of aromatic nitrogens is 2. The minimum atomic E-state index is -0.0774. The molecule has 1 fully saturated rings. The Kier molecular flexibility index (Phi) is 4.10. The van der Waals surface area contributed by atoms with E-state index in [1.807, 2.05) is 29.2 Å². The molecule has 5 heteroatoms. The van der Waals surface area contributed by atoms with E-state index in [-0.39, 0.29) is 18.6 Å². The molecule has 1 aliphatic heterocycles. The van der Waals surface area contributed by atoms with Crippen LogP contribution in [0.4, 0.5) is 0 Å². The van der Waals surface area contributed by atoms with Gasteiger partial charge < -0.3 is 10.0 Å². The first kappa shape index (κ1) is 13.9. The molecular weight excluding hydrogens is 266 g/mol. The highest BCUT2D eigenvalue weighted by Gasteiger charge is 2.28. The van der Waals surface area contributed by atoms with Crippen molar-refractivity contribution in [3.63, 3.8) is 0 Å². The summed E-state index contributed by atoms with van der Waals surface area (Å²) in [6.07, 6.45) is 5.25. The van der Waals surface area contributed by atoms with Gasteiger partial charge in [-0.25, -0.2) is 4.98 Å². The monoisotopic (exact) mass is 285 g/mol. The summed E-state index contributed by atoms with van der Waals surface area (Å²) < 4.78 is 0. The van der Waals surface area contributed by atoms with Crippen molar-refractivity contribution >= 4 is 16.9 Å². The van der Waals surface area contributed by atoms with Gasteiger partial charge in [-0.15, -0.1) is 0 Å². The maximum Gasteiger partial charge on any atom is 0.274 e. The molecule has 0 aliphatic carbocycles. The Labute approximate surface area is 123 Å². The lowest BCUT2D eigenvalue weighted by Gasteiger charge is -2.35. The first-order valence-electron chi connectivity index (χ1n) is 7.43. The van der Waals surface area contributed by atoms with E-state index < -0.39 is 0 Å². The van der Waals surface area contributed by atoms with E-state index in [1.165, 1.54) is 0 Å². The molecule has 1 aromatic heterocycles. The van der Waals surface area contributed by atoms with Gasteiger partial charge in [0, 0.05) is 19.2 Å². The molecule has 1 amide bonds. The van der Waals surface area contributed by atoms with Crippen LogP contribution in [0.1, 0.15) is 36.2 Å². The lowest BCUT2D eigenvalue weighted by atomic mass is 9.99. The zero-order valence-corrected chi connectivity index (χ0v) is 11.9. The summed E-state index contributed by atoms with van der Waals surface area (Å²) in [5.74, 6) is -0.0774. The molecule has 0 spiro atoms. The van der Waals surface area contributed by atoms with Gasteiger partial charge in [-0.3, -0.25) is 9.78 Å². The number of hydrogen-bond acceptors (Lipinski definition) is 4. The third-order valence-electron chi connectivity index (χ3n) is 4.02. The molecule has 110 valence electrons. The predicted molar refractivity (Wildman–Crippen MR) is 79.9 cm³/mol. The summed E-state index contributed by atoms with van der Waals surface area (Å²) in [5.41, 5.74) is 1.91. The van der Waals surface area contributed by atoms with Gasteiger partial charge in [0.1, 0.15) is 5.69 Å². The Morgan fingerprint density at radius 2 is 2.10 bits per heavy atom. The van der Waals surface area contributed by atoms with Crippen LogP contribution < -0.4 is 0 Å². The van der Waals surface area contributed by atoms with Crippen LogP contribution in [0.25, 0.3) is 11.0 Å². The number of rotatable bonds is 3. The van der Waals surface area contributed by atoms with Gasteiger partial charge in [-0.05, 0) is 37.8 Å². The number of amides is 1. The smallest absolute Gasteiger partial charge is 0.274 e. The second-order valence-corrected chi connectivity index (χ2v) is 5.40. The number of benzene rings is 1. The maximum absolute atomic E-state index is 12.7. The third kappa shape index (κ3) is 2.88. The zero-order valence-electron chi connectivity index (χ0n) is 11.9. The van der Waals surface area contributed by atoms with E-state index in [2.05, 4.69) is 9.97 Å². The number of aliphatic hydroxyl groups is 1. The fraction of sp³-hybridized carbons (Fsp3) is 0.438. The van der Waals surface area contributed by atoms with Crippen molar-refractivity contribution in [3.8, 4) is 0 Å². The van der Waals surface area contributed by atoms with Crippen LogP contribution in [0.2, 0.25) is 0 Å². The number of para-hydroxylation sites is 2. The fourth-order valence-electron chi connectivity index (χ4n) is 2.92. The molecule has 1 atom stereocenters. The van der Waals surface area contributed by atoms with Crippen molar-refractivity contribution in [3.05, 3.63) is 36.2 Å². The average molecular weight is 285 g/mol. The van der Waals surface area contributed by atoms with E-state index in [9.17, 15) is 4.79 Å². The van der Waals surface area contributed by atoms with Crippen molar-refractivity contribution in [2.75, 3.05) is 13.2 Å². The second-order valence-electron chi connectivity index (χ2n) is 5.40. The summed E-state index contributed by atoms with van der Waals surface area (Å²) >= 11 is 0. The van der Waals surface area contributed by atoms with Crippen molar-refractivity contribution in [2.45, 2.75) is 31.7 Å². The number of likely N-dealkylation sites (tertiary alicyclic amines) is 1. The maximum atomic E-state index is 12.7. The van der Waals surface area contributed by atoms with E-state index in [4.69, 9.17) is 5.11 Å². The zero-order chi connectivity index (χ0) is 14.7. The van der Waals surface area contributed by atoms with Crippen LogP contribution in [0, 0.1) is 0 Å². The number of fused-ring (bicyclic) bond motifs is 1. The predicted octanol–water partition coefficient (Wildman–Crippen LogP) is 2.01. The van der Waals surface area contributed by atoms with Gasteiger partial charge in [0.2, 0.25) is 0 Å². The number of carbonyl (C=O) groups is 1. The Balaban J connectivity index is 1.87. The molecule has 0 unspecified atom stereocenters. The Morgan fingerprint density at radius 1 is 1.29 bits per heavy atom. The van der Waals surface area contributed by atoms with Crippen LogP contribution >= 0.6 is 0 Å². The van der Waals surface area contributed by atoms with Gasteiger partial charge in [0.15, 0.2) is 0 Å². The van der Waals surface area contributed by atoms with Gasteiger partial charge in [0.05, 0.1) is 17.2 Å². The van der Waals surface area contributed by atoms with Gasteiger partial charge in [-0.1, -0.05) is 12.1 Å². The van der Waals surface area contributed by atoms with Gasteiger partial charge in [0.25, 0.3) is 5.91 Å². The summed E-state index contributed by atoms with van der Waals surface area (Å²) in [4.78, 5) is 23.3. The second kappa shape index (κ2) is 6.18. The molecule has 1 N–H and O–H groups in total. The van der Waals surface area contributed by atoms with Crippen molar-refractivity contribution in [2.24, 2.45) is 0 Å². The molecule has 0 radical (unpaired) electrons. The largest absolute Gasteiger partial charge is 0.396 e. The molecule has 5 nitrogen and oxygen atoms in total. The summed E-state index contributed by atoms with van der Waals surface area (Å²) in [5, 5.41) is 9.16.